The number of hydrogen-bond donors (Lipinski definition) is 2. The molecule has 0 radical (unpaired) electrons. The number of para-hydroxylation sites is 3. The third kappa shape index (κ3) is 3.44. The van der Waals surface area contributed by atoms with Crippen LogP contribution in [0, 0.1) is 6.92 Å². The van der Waals surface area contributed by atoms with Gasteiger partial charge in [0, 0.05) is 13.0 Å². The summed E-state index contributed by atoms with van der Waals surface area (Å²) in [4.78, 5) is 36.5. The zero-order chi connectivity index (χ0) is 18.8. The number of benzene rings is 2. The smallest absolute Gasteiger partial charge is 0.261 e. The van der Waals surface area contributed by atoms with E-state index in [2.05, 4.69) is 20.3 Å². The molecule has 2 aromatic heterocycles. The second-order valence-corrected chi connectivity index (χ2v) is 6.47. The molecule has 4 aromatic rings. The van der Waals surface area contributed by atoms with Crippen LogP contribution in [0.4, 0.5) is 5.95 Å². The third-order valence-electron chi connectivity index (χ3n) is 4.51. The number of aryl methyl sites for hydroxylation is 2. The maximum atomic E-state index is 12.6. The Balaban J connectivity index is 1.39. The molecule has 0 aliphatic heterocycles. The van der Waals surface area contributed by atoms with Crippen LogP contribution >= 0.6 is 0 Å². The first-order valence-corrected chi connectivity index (χ1v) is 8.81. The van der Waals surface area contributed by atoms with Gasteiger partial charge >= 0.3 is 0 Å². The van der Waals surface area contributed by atoms with E-state index in [1.807, 2.05) is 43.3 Å². The Kier molecular flexibility index (Phi) is 4.42. The van der Waals surface area contributed by atoms with Gasteiger partial charge in [-0.3, -0.25) is 19.5 Å². The van der Waals surface area contributed by atoms with E-state index in [-0.39, 0.29) is 17.9 Å². The van der Waals surface area contributed by atoms with E-state index in [4.69, 9.17) is 0 Å². The van der Waals surface area contributed by atoms with E-state index in [0.717, 1.165) is 22.1 Å². The fourth-order valence-corrected chi connectivity index (χ4v) is 3.11. The number of rotatable bonds is 5. The summed E-state index contributed by atoms with van der Waals surface area (Å²) >= 11 is 0. The van der Waals surface area contributed by atoms with Crippen molar-refractivity contribution in [3.63, 3.8) is 0 Å². The van der Waals surface area contributed by atoms with Crippen molar-refractivity contribution in [3.05, 3.63) is 64.7 Å². The van der Waals surface area contributed by atoms with Crippen molar-refractivity contribution in [3.8, 4) is 0 Å². The highest BCUT2D eigenvalue weighted by Gasteiger charge is 2.09. The largest absolute Gasteiger partial charge is 0.324 e. The van der Waals surface area contributed by atoms with E-state index in [9.17, 15) is 9.59 Å². The average molecular weight is 361 g/mol. The lowest BCUT2D eigenvalue weighted by molar-refractivity contribution is -0.116. The number of hydrogen-bond acceptors (Lipinski definition) is 4. The molecule has 0 atom stereocenters. The SMILES string of the molecule is Cc1cccc2c(=O)n(CCCC(=O)Nc3nc4ccccc4[nH]3)cnc12. The van der Waals surface area contributed by atoms with Crippen LogP contribution in [0.1, 0.15) is 18.4 Å². The molecule has 2 aromatic carbocycles. The van der Waals surface area contributed by atoms with Gasteiger partial charge in [0.15, 0.2) is 0 Å². The standard InChI is InChI=1S/C20H19N5O2/c1-13-6-4-7-14-18(13)21-12-25(19(14)27)11-5-10-17(26)24-20-22-15-8-2-3-9-16(15)23-20/h2-4,6-9,12H,5,10-11H2,1H3,(H2,22,23,24,26). The fourth-order valence-electron chi connectivity index (χ4n) is 3.11. The third-order valence-corrected chi connectivity index (χ3v) is 4.51. The minimum Gasteiger partial charge on any atom is -0.324 e. The lowest BCUT2D eigenvalue weighted by atomic mass is 10.1. The Bertz CT molecular complexity index is 1160. The normalized spacial score (nSPS) is 11.1. The molecule has 0 aliphatic carbocycles. The molecule has 4 rings (SSSR count). The minimum absolute atomic E-state index is 0.0820. The Hall–Kier alpha value is -3.48. The summed E-state index contributed by atoms with van der Waals surface area (Å²) in [5.74, 6) is 0.285. The number of nitrogens with one attached hydrogen (secondary N) is 2. The Morgan fingerprint density at radius 3 is 2.89 bits per heavy atom. The van der Waals surface area contributed by atoms with Crippen molar-refractivity contribution in [2.75, 3.05) is 5.32 Å². The first-order chi connectivity index (χ1) is 13.1. The number of aromatic amines is 1. The first kappa shape index (κ1) is 17.0. The van der Waals surface area contributed by atoms with Crippen molar-refractivity contribution in [2.24, 2.45) is 0 Å². The molecule has 0 spiro atoms. The van der Waals surface area contributed by atoms with E-state index < -0.39 is 0 Å². The molecule has 0 unspecified atom stereocenters. The molecule has 0 fully saturated rings. The topological polar surface area (TPSA) is 92.7 Å². The summed E-state index contributed by atoms with van der Waals surface area (Å²) in [6, 6.07) is 13.1. The van der Waals surface area contributed by atoms with E-state index in [1.54, 1.807) is 17.0 Å². The number of nitrogens with zero attached hydrogens (tertiary/aromatic N) is 3. The van der Waals surface area contributed by atoms with E-state index >= 15 is 0 Å². The molecular formula is C20H19N5O2. The van der Waals surface area contributed by atoms with Crippen LogP contribution in [-0.4, -0.2) is 25.4 Å². The Labute approximate surface area is 155 Å². The van der Waals surface area contributed by atoms with Crippen LogP contribution < -0.4 is 10.9 Å². The van der Waals surface area contributed by atoms with Gasteiger partial charge in [-0.1, -0.05) is 24.3 Å². The monoisotopic (exact) mass is 361 g/mol. The summed E-state index contributed by atoms with van der Waals surface area (Å²) in [6.07, 6.45) is 2.37. The van der Waals surface area contributed by atoms with E-state index in [1.165, 1.54) is 0 Å². The Morgan fingerprint density at radius 1 is 1.19 bits per heavy atom. The highest BCUT2D eigenvalue weighted by molar-refractivity contribution is 5.91. The molecule has 7 nitrogen and oxygen atoms in total. The van der Waals surface area contributed by atoms with Crippen LogP contribution in [0.25, 0.3) is 21.9 Å². The number of H-pyrrole nitrogens is 1. The molecule has 27 heavy (non-hydrogen) atoms. The van der Waals surface area contributed by atoms with Crippen molar-refractivity contribution in [2.45, 2.75) is 26.3 Å². The van der Waals surface area contributed by atoms with Crippen LogP contribution in [0.2, 0.25) is 0 Å². The molecule has 0 aliphatic rings. The van der Waals surface area contributed by atoms with Crippen molar-refractivity contribution in [1.82, 2.24) is 19.5 Å². The molecular weight excluding hydrogens is 342 g/mol. The van der Waals surface area contributed by atoms with Gasteiger partial charge in [-0.2, -0.15) is 0 Å². The summed E-state index contributed by atoms with van der Waals surface area (Å²) < 4.78 is 1.55. The molecule has 2 heterocycles. The second-order valence-electron chi connectivity index (χ2n) is 6.47. The highest BCUT2D eigenvalue weighted by Crippen LogP contribution is 2.14. The van der Waals surface area contributed by atoms with Crippen LogP contribution in [0.15, 0.2) is 53.6 Å². The van der Waals surface area contributed by atoms with Gasteiger partial charge in [0.25, 0.3) is 5.56 Å². The van der Waals surface area contributed by atoms with Crippen LogP contribution in [0.3, 0.4) is 0 Å². The summed E-state index contributed by atoms with van der Waals surface area (Å²) in [6.45, 7) is 2.37. The Morgan fingerprint density at radius 2 is 2.04 bits per heavy atom. The lowest BCUT2D eigenvalue weighted by Gasteiger charge is -2.07. The maximum absolute atomic E-state index is 12.6. The van der Waals surface area contributed by atoms with Gasteiger partial charge in [0.05, 0.1) is 28.3 Å². The molecule has 136 valence electrons. The molecule has 0 saturated heterocycles. The van der Waals surface area contributed by atoms with Crippen LogP contribution in [0.5, 0.6) is 0 Å². The summed E-state index contributed by atoms with van der Waals surface area (Å²) in [5.41, 5.74) is 3.29. The first-order valence-electron chi connectivity index (χ1n) is 8.81. The highest BCUT2D eigenvalue weighted by atomic mass is 16.1. The number of anilines is 1. The zero-order valence-corrected chi connectivity index (χ0v) is 14.9. The fraction of sp³-hybridized carbons (Fsp3) is 0.200. The van der Waals surface area contributed by atoms with Gasteiger partial charge in [0.2, 0.25) is 11.9 Å². The minimum atomic E-state index is -0.147. The average Bonchev–Trinajstić information content (AvgIpc) is 3.06. The van der Waals surface area contributed by atoms with Crippen molar-refractivity contribution >= 4 is 33.8 Å². The van der Waals surface area contributed by atoms with Gasteiger partial charge in [0.1, 0.15) is 0 Å². The quantitative estimate of drug-likeness (QED) is 0.571. The predicted molar refractivity (Wildman–Crippen MR) is 105 cm³/mol. The molecule has 2 N–H and O–H groups in total. The second kappa shape index (κ2) is 7.03. The van der Waals surface area contributed by atoms with Gasteiger partial charge < -0.3 is 4.98 Å². The number of carbonyl (C=O) groups excluding carboxylic acids is 1. The molecule has 0 saturated carbocycles. The van der Waals surface area contributed by atoms with Crippen LogP contribution in [-0.2, 0) is 11.3 Å². The predicted octanol–water partition coefficient (Wildman–Crippen LogP) is 3.00. The zero-order valence-electron chi connectivity index (χ0n) is 14.9. The summed E-state index contributed by atoms with van der Waals surface area (Å²) in [7, 11) is 0. The molecule has 1 amide bonds. The number of amides is 1. The van der Waals surface area contributed by atoms with Gasteiger partial charge in [-0.05, 0) is 37.1 Å². The van der Waals surface area contributed by atoms with E-state index in [0.29, 0.717) is 24.3 Å². The molecule has 0 bridgehead atoms. The number of imidazole rings is 1. The number of aromatic nitrogens is 4. The number of fused-ring (bicyclic) bond motifs is 2. The van der Waals surface area contributed by atoms with Crippen molar-refractivity contribution in [1.29, 1.82) is 0 Å². The van der Waals surface area contributed by atoms with Gasteiger partial charge in [-0.15, -0.1) is 0 Å². The van der Waals surface area contributed by atoms with Gasteiger partial charge in [-0.25, -0.2) is 9.97 Å². The maximum Gasteiger partial charge on any atom is 0.261 e. The lowest BCUT2D eigenvalue weighted by Crippen LogP contribution is -2.22. The molecule has 7 heteroatoms. The van der Waals surface area contributed by atoms with Crippen molar-refractivity contribution < 1.29 is 4.79 Å². The number of carbonyl (C=O) groups is 1. The summed E-state index contributed by atoms with van der Waals surface area (Å²) in [5, 5.41) is 3.36.